The van der Waals surface area contributed by atoms with Crippen LogP contribution in [0.1, 0.15) is 18.2 Å². The van der Waals surface area contributed by atoms with E-state index in [2.05, 4.69) is 4.98 Å². The number of hydrogen-bond acceptors (Lipinski definition) is 5. The summed E-state index contributed by atoms with van der Waals surface area (Å²) in [5, 5.41) is 11.1. The van der Waals surface area contributed by atoms with Crippen molar-refractivity contribution in [2.24, 2.45) is 0 Å². The second-order valence-electron chi connectivity index (χ2n) is 5.66. The van der Waals surface area contributed by atoms with Gasteiger partial charge in [-0.3, -0.25) is 4.79 Å². The Morgan fingerprint density at radius 3 is 2.83 bits per heavy atom. The van der Waals surface area contributed by atoms with E-state index >= 15 is 0 Å². The molecule has 24 heavy (non-hydrogen) atoms. The van der Waals surface area contributed by atoms with Crippen molar-refractivity contribution >= 4 is 17.4 Å². The van der Waals surface area contributed by atoms with Gasteiger partial charge in [-0.2, -0.15) is 0 Å². The molecule has 0 aliphatic carbocycles. The molecule has 3 rings (SSSR count). The van der Waals surface area contributed by atoms with Gasteiger partial charge < -0.3 is 19.8 Å². The molecule has 0 radical (unpaired) electrons. The van der Waals surface area contributed by atoms with Crippen LogP contribution in [0.15, 0.2) is 36.4 Å². The number of ether oxygens (including phenoxy) is 1. The van der Waals surface area contributed by atoms with Gasteiger partial charge in [-0.25, -0.2) is 0 Å². The van der Waals surface area contributed by atoms with E-state index in [1.54, 1.807) is 24.8 Å². The van der Waals surface area contributed by atoms with Gasteiger partial charge in [0.15, 0.2) is 6.10 Å². The van der Waals surface area contributed by atoms with Crippen LogP contribution in [0.25, 0.3) is 0 Å². The van der Waals surface area contributed by atoms with Gasteiger partial charge in [0, 0.05) is 19.2 Å². The fraction of sp³-hybridized carbons (Fsp3) is 0.294. The van der Waals surface area contributed by atoms with Crippen molar-refractivity contribution in [3.63, 3.8) is 0 Å². The topological polar surface area (TPSA) is 85.6 Å². The molecule has 1 amide bonds. The number of carbonyl (C=O) groups excluding carboxylic acids is 1. The molecule has 0 saturated carbocycles. The quantitative estimate of drug-likeness (QED) is 0.636. The Labute approximate surface area is 139 Å². The van der Waals surface area contributed by atoms with Gasteiger partial charge in [-0.15, -0.1) is 0 Å². The molecule has 1 aliphatic heterocycles. The number of hydrogen-bond donors (Lipinski definition) is 0. The third-order valence-corrected chi connectivity index (χ3v) is 3.96. The highest BCUT2D eigenvalue weighted by Crippen LogP contribution is 2.30. The number of rotatable bonds is 4. The zero-order chi connectivity index (χ0) is 17.3. The third kappa shape index (κ3) is 2.92. The fourth-order valence-electron chi connectivity index (χ4n) is 2.78. The molecule has 2 aromatic rings. The van der Waals surface area contributed by atoms with Crippen molar-refractivity contribution in [1.29, 1.82) is 0 Å². The van der Waals surface area contributed by atoms with Crippen molar-refractivity contribution in [3.05, 3.63) is 57.8 Å². The number of aromatic nitrogens is 1. The average molecular weight is 327 g/mol. The summed E-state index contributed by atoms with van der Waals surface area (Å²) < 4.78 is 5.56. The van der Waals surface area contributed by atoms with Crippen LogP contribution in [-0.4, -0.2) is 28.5 Å². The van der Waals surface area contributed by atoms with Gasteiger partial charge in [0.2, 0.25) is 5.75 Å². The molecular formula is C17H17N3O4. The first-order valence-corrected chi connectivity index (χ1v) is 7.65. The summed E-state index contributed by atoms with van der Waals surface area (Å²) in [6, 6.07) is 10.8. The molecule has 7 heteroatoms. The largest absolute Gasteiger partial charge is 0.473 e. The number of benzene rings is 1. The van der Waals surface area contributed by atoms with Gasteiger partial charge in [0.25, 0.3) is 5.91 Å². The van der Waals surface area contributed by atoms with E-state index in [0.717, 1.165) is 17.7 Å². The van der Waals surface area contributed by atoms with Crippen LogP contribution < -0.4 is 9.64 Å². The fourth-order valence-corrected chi connectivity index (χ4v) is 2.78. The smallest absolute Gasteiger partial charge is 0.406 e. The lowest BCUT2D eigenvalue weighted by molar-refractivity contribution is -0.390. The summed E-state index contributed by atoms with van der Waals surface area (Å²) in [6.07, 6.45) is -0.0553. The van der Waals surface area contributed by atoms with Crippen molar-refractivity contribution in [2.45, 2.75) is 26.4 Å². The molecule has 0 spiro atoms. The monoisotopic (exact) mass is 327 g/mol. The molecule has 0 fully saturated rings. The maximum Gasteiger partial charge on any atom is 0.406 e. The maximum atomic E-state index is 12.7. The second-order valence-corrected chi connectivity index (χ2v) is 5.66. The molecule has 124 valence electrons. The van der Waals surface area contributed by atoms with Crippen LogP contribution in [0.5, 0.6) is 5.75 Å². The van der Waals surface area contributed by atoms with Crippen molar-refractivity contribution in [3.8, 4) is 5.75 Å². The first kappa shape index (κ1) is 15.9. The summed E-state index contributed by atoms with van der Waals surface area (Å²) in [5.41, 5.74) is 2.50. The number of aryl methyl sites for hydroxylation is 1. The average Bonchev–Trinajstić information content (AvgIpc) is 2.99. The summed E-state index contributed by atoms with van der Waals surface area (Å²) in [4.78, 5) is 28.7. The van der Waals surface area contributed by atoms with E-state index in [4.69, 9.17) is 4.74 Å². The van der Waals surface area contributed by atoms with Crippen LogP contribution in [-0.2, 0) is 11.2 Å². The first-order valence-electron chi connectivity index (χ1n) is 7.65. The number of carbonyl (C=O) groups is 1. The lowest BCUT2D eigenvalue weighted by Gasteiger charge is -2.22. The SMILES string of the molecule is Cc1ccc(O[C@@H](C)C(=O)N2CCc3ccccc32)c([N+](=O)[O-])n1. The van der Waals surface area contributed by atoms with Gasteiger partial charge in [0.1, 0.15) is 5.69 Å². The predicted octanol–water partition coefficient (Wildman–Crippen LogP) is 2.65. The number of pyridine rings is 1. The van der Waals surface area contributed by atoms with Gasteiger partial charge >= 0.3 is 5.82 Å². The molecule has 0 bridgehead atoms. The standard InChI is InChI=1S/C17H17N3O4/c1-11-7-8-15(16(18-11)20(22)23)24-12(2)17(21)19-10-9-13-5-3-4-6-14(13)19/h3-8,12H,9-10H2,1-2H3/t12-/m0/s1. The molecule has 0 saturated heterocycles. The summed E-state index contributed by atoms with van der Waals surface area (Å²) in [7, 11) is 0. The minimum Gasteiger partial charge on any atom is -0.473 e. The number of anilines is 1. The Bertz CT molecular complexity index is 806. The molecule has 1 aromatic carbocycles. The summed E-state index contributed by atoms with van der Waals surface area (Å²) in [6.45, 7) is 3.83. The van der Waals surface area contributed by atoms with Crippen molar-refractivity contribution in [1.82, 2.24) is 4.98 Å². The highest BCUT2D eigenvalue weighted by atomic mass is 16.6. The molecule has 0 unspecified atom stereocenters. The first-order chi connectivity index (χ1) is 11.5. The molecule has 1 aromatic heterocycles. The molecule has 1 atom stereocenters. The molecule has 7 nitrogen and oxygen atoms in total. The van der Waals surface area contributed by atoms with Gasteiger partial charge in [0.05, 0.1) is 0 Å². The normalized spacial score (nSPS) is 14.2. The molecule has 2 heterocycles. The third-order valence-electron chi connectivity index (χ3n) is 3.96. The van der Waals surface area contributed by atoms with Crippen molar-refractivity contribution in [2.75, 3.05) is 11.4 Å². The Morgan fingerprint density at radius 1 is 1.33 bits per heavy atom. The second kappa shape index (κ2) is 6.27. The predicted molar refractivity (Wildman–Crippen MR) is 88.2 cm³/mol. The van der Waals surface area contributed by atoms with Crippen LogP contribution in [0.2, 0.25) is 0 Å². The van der Waals surface area contributed by atoms with E-state index in [1.165, 1.54) is 6.07 Å². The number of nitro groups is 1. The van der Waals surface area contributed by atoms with E-state index < -0.39 is 11.0 Å². The van der Waals surface area contributed by atoms with E-state index in [9.17, 15) is 14.9 Å². The van der Waals surface area contributed by atoms with Crippen LogP contribution >= 0.6 is 0 Å². The van der Waals surface area contributed by atoms with Gasteiger partial charge in [-0.05, 0) is 47.0 Å². The summed E-state index contributed by atoms with van der Waals surface area (Å²) >= 11 is 0. The zero-order valence-electron chi connectivity index (χ0n) is 13.4. The minimum atomic E-state index is -0.848. The Balaban J connectivity index is 1.80. The Kier molecular flexibility index (Phi) is 4.16. The number of nitrogens with zero attached hydrogens (tertiary/aromatic N) is 3. The van der Waals surface area contributed by atoms with Crippen LogP contribution in [0, 0.1) is 17.0 Å². The number of amides is 1. The minimum absolute atomic E-state index is 0.000989. The Morgan fingerprint density at radius 2 is 2.08 bits per heavy atom. The highest BCUT2D eigenvalue weighted by molar-refractivity contribution is 5.98. The van der Waals surface area contributed by atoms with E-state index in [0.29, 0.717) is 12.2 Å². The van der Waals surface area contributed by atoms with Gasteiger partial charge in [-0.1, -0.05) is 18.2 Å². The molecular weight excluding hydrogens is 310 g/mol. The lowest BCUT2D eigenvalue weighted by Crippen LogP contribution is -2.39. The Hall–Kier alpha value is -2.96. The van der Waals surface area contributed by atoms with Crippen LogP contribution in [0.4, 0.5) is 11.5 Å². The number of fused-ring (bicyclic) bond motifs is 1. The maximum absolute atomic E-state index is 12.7. The zero-order valence-corrected chi connectivity index (χ0v) is 13.4. The lowest BCUT2D eigenvalue weighted by atomic mass is 10.2. The van der Waals surface area contributed by atoms with E-state index in [-0.39, 0.29) is 17.5 Å². The molecule has 1 aliphatic rings. The van der Waals surface area contributed by atoms with Crippen molar-refractivity contribution < 1.29 is 14.5 Å². The van der Waals surface area contributed by atoms with Crippen LogP contribution in [0.3, 0.4) is 0 Å². The summed E-state index contributed by atoms with van der Waals surface area (Å²) in [5.74, 6) is -0.606. The van der Waals surface area contributed by atoms with E-state index in [1.807, 2.05) is 24.3 Å². The molecule has 0 N–H and O–H groups in total. The highest BCUT2D eigenvalue weighted by Gasteiger charge is 2.30. The number of para-hydroxylation sites is 1.